The van der Waals surface area contributed by atoms with Crippen LogP contribution < -0.4 is 5.32 Å². The van der Waals surface area contributed by atoms with Gasteiger partial charge in [-0.2, -0.15) is 0 Å². The molecule has 2 atom stereocenters. The van der Waals surface area contributed by atoms with E-state index in [4.69, 9.17) is 0 Å². The van der Waals surface area contributed by atoms with Crippen molar-refractivity contribution in [1.82, 2.24) is 20.2 Å². The van der Waals surface area contributed by atoms with E-state index in [9.17, 15) is 4.79 Å². The van der Waals surface area contributed by atoms with Gasteiger partial charge in [0.15, 0.2) is 0 Å². The first-order valence-corrected chi connectivity index (χ1v) is 8.80. The molecule has 2 aromatic heterocycles. The number of carbonyl (C=O) groups excluding carboxylic acids is 1. The molecule has 3 fully saturated rings. The molecular formula is C16H20N4OS. The minimum absolute atomic E-state index is 0.0852. The summed E-state index contributed by atoms with van der Waals surface area (Å²) in [4.78, 5) is 23.5. The molecule has 22 heavy (non-hydrogen) atoms. The van der Waals surface area contributed by atoms with E-state index >= 15 is 0 Å². The molecule has 5 heterocycles. The zero-order chi connectivity index (χ0) is 15.1. The average molecular weight is 316 g/mol. The van der Waals surface area contributed by atoms with Gasteiger partial charge >= 0.3 is 0 Å². The maximum Gasteiger partial charge on any atom is 0.226 e. The second-order valence-electron chi connectivity index (χ2n) is 6.38. The minimum atomic E-state index is 0.0852. The summed E-state index contributed by atoms with van der Waals surface area (Å²) >= 11 is 1.58. The molecule has 0 aliphatic carbocycles. The molecule has 0 unspecified atom stereocenters. The highest BCUT2D eigenvalue weighted by Crippen LogP contribution is 2.32. The van der Waals surface area contributed by atoms with Gasteiger partial charge in [-0.1, -0.05) is 0 Å². The third-order valence-corrected chi connectivity index (χ3v) is 5.91. The van der Waals surface area contributed by atoms with Gasteiger partial charge in [-0.15, -0.1) is 11.3 Å². The molecule has 2 aromatic rings. The van der Waals surface area contributed by atoms with Crippen LogP contribution in [0.3, 0.4) is 0 Å². The number of piperidine rings is 3. The first-order valence-electron chi connectivity index (χ1n) is 7.92. The number of aromatic nitrogens is 2. The highest BCUT2D eigenvalue weighted by molar-refractivity contribution is 7.16. The molecule has 1 amide bonds. The fourth-order valence-electron chi connectivity index (χ4n) is 3.84. The highest BCUT2D eigenvalue weighted by atomic mass is 32.1. The number of thiazole rings is 1. The Morgan fingerprint density at radius 1 is 1.41 bits per heavy atom. The van der Waals surface area contributed by atoms with Crippen molar-refractivity contribution >= 4 is 27.5 Å². The number of nitrogens with zero attached hydrogens (tertiary/aromatic N) is 3. The molecule has 5 rings (SSSR count). The highest BCUT2D eigenvalue weighted by Gasteiger charge is 2.40. The van der Waals surface area contributed by atoms with E-state index in [2.05, 4.69) is 27.1 Å². The predicted octanol–water partition coefficient (Wildman–Crippen LogP) is 1.83. The van der Waals surface area contributed by atoms with Crippen LogP contribution in [-0.4, -0.2) is 45.9 Å². The molecule has 0 saturated carbocycles. The number of carbonyl (C=O) groups is 1. The predicted molar refractivity (Wildman–Crippen MR) is 86.8 cm³/mol. The number of pyridine rings is 1. The maximum atomic E-state index is 12.4. The second-order valence-corrected chi connectivity index (χ2v) is 7.27. The van der Waals surface area contributed by atoms with Gasteiger partial charge in [0.05, 0.1) is 34.0 Å². The Kier molecular flexibility index (Phi) is 3.58. The normalized spacial score (nSPS) is 30.6. The summed E-state index contributed by atoms with van der Waals surface area (Å²) in [5.41, 5.74) is 3.54. The summed E-state index contributed by atoms with van der Waals surface area (Å²) in [6.07, 6.45) is 4.52. The molecule has 6 heteroatoms. The summed E-state index contributed by atoms with van der Waals surface area (Å²) in [5.74, 6) is 0.725. The Hall–Kier alpha value is -1.53. The zero-order valence-corrected chi connectivity index (χ0v) is 13.5. The molecule has 116 valence electrons. The standard InChI is InChI=1S/C16H20N4OS/c1-10-16(11-2-4-20(10)5-3-11)19-15(21)7-12-6-14-13(8-17-12)18-9-22-14/h6,8-11,16H,2-5,7H2,1H3,(H,19,21)/t10-,16+/m1/s1. The fourth-order valence-corrected chi connectivity index (χ4v) is 4.55. The second kappa shape index (κ2) is 5.59. The van der Waals surface area contributed by atoms with Crippen LogP contribution in [0, 0.1) is 5.92 Å². The number of hydrogen-bond donors (Lipinski definition) is 1. The van der Waals surface area contributed by atoms with Crippen molar-refractivity contribution in [3.63, 3.8) is 0 Å². The number of hydrogen-bond acceptors (Lipinski definition) is 5. The first-order chi connectivity index (χ1) is 10.7. The Bertz CT molecular complexity index is 690. The van der Waals surface area contributed by atoms with Gasteiger partial charge < -0.3 is 5.32 Å². The van der Waals surface area contributed by atoms with Crippen molar-refractivity contribution in [2.24, 2.45) is 5.92 Å². The van der Waals surface area contributed by atoms with Gasteiger partial charge in [0, 0.05) is 12.1 Å². The lowest BCUT2D eigenvalue weighted by atomic mass is 9.79. The van der Waals surface area contributed by atoms with Crippen LogP contribution in [0.25, 0.3) is 10.2 Å². The van der Waals surface area contributed by atoms with Crippen molar-refractivity contribution < 1.29 is 4.79 Å². The van der Waals surface area contributed by atoms with Crippen LogP contribution in [0.15, 0.2) is 17.8 Å². The summed E-state index contributed by atoms with van der Waals surface area (Å²) in [6, 6.07) is 2.72. The van der Waals surface area contributed by atoms with E-state index in [0.717, 1.165) is 15.9 Å². The molecule has 3 saturated heterocycles. The lowest BCUT2D eigenvalue weighted by molar-refractivity contribution is -0.123. The maximum absolute atomic E-state index is 12.4. The molecule has 5 nitrogen and oxygen atoms in total. The fraction of sp³-hybridized carbons (Fsp3) is 0.562. The summed E-state index contributed by atoms with van der Waals surface area (Å²) < 4.78 is 1.09. The van der Waals surface area contributed by atoms with Gasteiger partial charge in [0.25, 0.3) is 0 Å². The molecule has 1 N–H and O–H groups in total. The lowest BCUT2D eigenvalue weighted by Gasteiger charge is -2.49. The van der Waals surface area contributed by atoms with E-state index in [1.54, 1.807) is 17.5 Å². The summed E-state index contributed by atoms with van der Waals surface area (Å²) in [5, 5.41) is 3.26. The van der Waals surface area contributed by atoms with E-state index in [0.29, 0.717) is 24.4 Å². The lowest BCUT2D eigenvalue weighted by Crippen LogP contribution is -2.62. The zero-order valence-electron chi connectivity index (χ0n) is 12.7. The Labute approximate surface area is 133 Å². The quantitative estimate of drug-likeness (QED) is 0.938. The van der Waals surface area contributed by atoms with E-state index in [-0.39, 0.29) is 5.91 Å². The molecule has 0 radical (unpaired) electrons. The van der Waals surface area contributed by atoms with Gasteiger partial charge in [-0.05, 0) is 44.8 Å². The molecule has 0 spiro atoms. The van der Waals surface area contributed by atoms with Crippen molar-refractivity contribution in [2.75, 3.05) is 13.1 Å². The van der Waals surface area contributed by atoms with Crippen molar-refractivity contribution in [3.8, 4) is 0 Å². The summed E-state index contributed by atoms with van der Waals surface area (Å²) in [6.45, 7) is 4.60. The SMILES string of the molecule is C[C@@H]1[C@H](NC(=O)Cc2cc3scnc3cn2)C2CCN1CC2. The van der Waals surface area contributed by atoms with Crippen molar-refractivity contribution in [1.29, 1.82) is 0 Å². The van der Waals surface area contributed by atoms with E-state index < -0.39 is 0 Å². The van der Waals surface area contributed by atoms with Crippen LogP contribution in [0.2, 0.25) is 0 Å². The number of amides is 1. The average Bonchev–Trinajstić information content (AvgIpc) is 2.99. The third kappa shape index (κ3) is 2.50. The smallest absolute Gasteiger partial charge is 0.226 e. The number of nitrogens with one attached hydrogen (secondary N) is 1. The van der Waals surface area contributed by atoms with Crippen LogP contribution in [0.5, 0.6) is 0 Å². The molecule has 3 aliphatic heterocycles. The van der Waals surface area contributed by atoms with Crippen LogP contribution >= 0.6 is 11.3 Å². The van der Waals surface area contributed by atoms with Gasteiger partial charge in [0.2, 0.25) is 5.91 Å². The largest absolute Gasteiger partial charge is 0.351 e. The van der Waals surface area contributed by atoms with E-state index in [1.807, 2.05) is 11.6 Å². The van der Waals surface area contributed by atoms with Crippen LogP contribution in [0.1, 0.15) is 25.5 Å². The Balaban J connectivity index is 1.43. The third-order valence-electron chi connectivity index (χ3n) is 5.12. The van der Waals surface area contributed by atoms with Crippen molar-refractivity contribution in [3.05, 3.63) is 23.5 Å². The molecule has 3 aliphatic rings. The summed E-state index contributed by atoms with van der Waals surface area (Å²) in [7, 11) is 0. The van der Waals surface area contributed by atoms with E-state index in [1.165, 1.54) is 25.9 Å². The molecule has 0 aromatic carbocycles. The minimum Gasteiger partial charge on any atom is -0.351 e. The van der Waals surface area contributed by atoms with Gasteiger partial charge in [-0.3, -0.25) is 14.7 Å². The number of rotatable bonds is 3. The topological polar surface area (TPSA) is 58.1 Å². The van der Waals surface area contributed by atoms with Gasteiger partial charge in [0.1, 0.15) is 0 Å². The van der Waals surface area contributed by atoms with Crippen LogP contribution in [-0.2, 0) is 11.2 Å². The number of fused-ring (bicyclic) bond motifs is 4. The van der Waals surface area contributed by atoms with Crippen LogP contribution in [0.4, 0.5) is 0 Å². The molecular weight excluding hydrogens is 296 g/mol. The van der Waals surface area contributed by atoms with Gasteiger partial charge in [-0.25, -0.2) is 4.98 Å². The first kappa shape index (κ1) is 14.1. The Morgan fingerprint density at radius 2 is 2.23 bits per heavy atom. The van der Waals surface area contributed by atoms with Crippen molar-refractivity contribution in [2.45, 2.75) is 38.3 Å². The molecule has 2 bridgehead atoms. The Morgan fingerprint density at radius 3 is 3.00 bits per heavy atom. The monoisotopic (exact) mass is 316 g/mol.